The lowest BCUT2D eigenvalue weighted by Gasteiger charge is -2.29. The highest BCUT2D eigenvalue weighted by atomic mass is 32.2. The predicted octanol–water partition coefficient (Wildman–Crippen LogP) is 2.15. The zero-order chi connectivity index (χ0) is 15.0. The van der Waals surface area contributed by atoms with Crippen molar-refractivity contribution < 1.29 is 4.52 Å². The molecule has 6 nitrogen and oxygen atoms in total. The molecule has 0 aromatic carbocycles. The summed E-state index contributed by atoms with van der Waals surface area (Å²) in [6, 6.07) is -0.419. The van der Waals surface area contributed by atoms with Crippen LogP contribution in [0, 0.1) is 0 Å². The van der Waals surface area contributed by atoms with Gasteiger partial charge in [0.05, 0.1) is 11.4 Å². The molecular weight excluding hydrogens is 306 g/mol. The number of nitrogens with two attached hydrogens (primary N) is 1. The third-order valence-corrected chi connectivity index (χ3v) is 7.03. The highest BCUT2D eigenvalue weighted by molar-refractivity contribution is 8.07. The number of thioether (sulfide) groups is 2. The van der Waals surface area contributed by atoms with Gasteiger partial charge >= 0.3 is 0 Å². The van der Waals surface area contributed by atoms with E-state index in [2.05, 4.69) is 29.1 Å². The Morgan fingerprint density at radius 3 is 2.90 bits per heavy atom. The molecule has 2 N–H and O–H groups in total. The third kappa shape index (κ3) is 3.12. The Bertz CT molecular complexity index is 613. The molecule has 0 aliphatic carbocycles. The van der Waals surface area contributed by atoms with Crippen LogP contribution in [0.5, 0.6) is 0 Å². The van der Waals surface area contributed by atoms with Crippen molar-refractivity contribution in [3.8, 4) is 0 Å². The zero-order valence-electron chi connectivity index (χ0n) is 12.3. The van der Waals surface area contributed by atoms with Crippen LogP contribution >= 0.6 is 23.5 Å². The van der Waals surface area contributed by atoms with E-state index in [1.54, 1.807) is 10.9 Å². The van der Waals surface area contributed by atoms with Crippen molar-refractivity contribution >= 4 is 23.5 Å². The summed E-state index contributed by atoms with van der Waals surface area (Å²) in [5, 5.41) is 9.77. The topological polar surface area (TPSA) is 82.8 Å². The highest BCUT2D eigenvalue weighted by Crippen LogP contribution is 2.43. The summed E-state index contributed by atoms with van der Waals surface area (Å²) < 4.78 is 7.07. The van der Waals surface area contributed by atoms with E-state index in [9.17, 15) is 0 Å². The molecule has 114 valence electrons. The average molecular weight is 325 g/mol. The Hall–Kier alpha value is -0.990. The summed E-state index contributed by atoms with van der Waals surface area (Å²) in [6.07, 6.45) is 3.59. The molecule has 1 saturated heterocycles. The molecule has 2 aromatic heterocycles. The number of aryl methyl sites for hydroxylation is 1. The van der Waals surface area contributed by atoms with Gasteiger partial charge in [0, 0.05) is 35.1 Å². The molecule has 3 rings (SSSR count). The Morgan fingerprint density at radius 2 is 2.24 bits per heavy atom. The first-order valence-electron chi connectivity index (χ1n) is 6.89. The lowest BCUT2D eigenvalue weighted by atomic mass is 10.2. The van der Waals surface area contributed by atoms with Gasteiger partial charge in [-0.05, 0) is 0 Å². The van der Waals surface area contributed by atoms with E-state index in [1.165, 1.54) is 0 Å². The van der Waals surface area contributed by atoms with E-state index in [0.29, 0.717) is 16.4 Å². The lowest BCUT2D eigenvalue weighted by molar-refractivity contribution is 0.362. The molecule has 1 fully saturated rings. The average Bonchev–Trinajstić information content (AvgIpc) is 3.10. The maximum atomic E-state index is 6.16. The third-order valence-electron chi connectivity index (χ3n) is 3.65. The SMILES string of the molecule is CC1SCC(c2noc(C(N)c3cnn(C)c3)n2)SC1C. The van der Waals surface area contributed by atoms with Gasteiger partial charge in [-0.2, -0.15) is 21.8 Å². The number of hydrogen-bond donors (Lipinski definition) is 1. The molecular formula is C13H19N5OS2. The Morgan fingerprint density at radius 1 is 1.43 bits per heavy atom. The van der Waals surface area contributed by atoms with E-state index < -0.39 is 6.04 Å². The summed E-state index contributed by atoms with van der Waals surface area (Å²) in [6.45, 7) is 4.51. The molecule has 2 aromatic rings. The number of rotatable bonds is 3. The van der Waals surface area contributed by atoms with Crippen LogP contribution < -0.4 is 5.73 Å². The molecule has 4 atom stereocenters. The lowest BCUT2D eigenvalue weighted by Crippen LogP contribution is -2.22. The van der Waals surface area contributed by atoms with Gasteiger partial charge in [0.15, 0.2) is 5.82 Å². The molecule has 3 heterocycles. The maximum Gasteiger partial charge on any atom is 0.248 e. The largest absolute Gasteiger partial charge is 0.337 e. The molecule has 0 saturated carbocycles. The highest BCUT2D eigenvalue weighted by Gasteiger charge is 2.30. The monoisotopic (exact) mass is 325 g/mol. The number of hydrogen-bond acceptors (Lipinski definition) is 7. The second-order valence-electron chi connectivity index (χ2n) is 5.28. The van der Waals surface area contributed by atoms with E-state index >= 15 is 0 Å². The second kappa shape index (κ2) is 6.02. The standard InChI is InChI=1S/C13H19N5OS2/c1-7-8(2)21-10(6-20-7)12-16-13(19-17-12)11(14)9-4-15-18(3)5-9/h4-5,7-8,10-11H,6,14H2,1-3H3. The Balaban J connectivity index is 1.74. The van der Waals surface area contributed by atoms with Gasteiger partial charge in [-0.25, -0.2) is 0 Å². The predicted molar refractivity (Wildman–Crippen MR) is 85.3 cm³/mol. The van der Waals surface area contributed by atoms with Crippen LogP contribution in [0.1, 0.15) is 42.4 Å². The molecule has 1 aliphatic rings. The minimum absolute atomic E-state index is 0.278. The van der Waals surface area contributed by atoms with E-state index in [1.807, 2.05) is 36.8 Å². The molecule has 0 amide bonds. The van der Waals surface area contributed by atoms with Gasteiger partial charge in [0.1, 0.15) is 6.04 Å². The van der Waals surface area contributed by atoms with Gasteiger partial charge in [-0.3, -0.25) is 4.68 Å². The Labute approximate surface area is 132 Å². The fourth-order valence-corrected chi connectivity index (χ4v) is 5.00. The quantitative estimate of drug-likeness (QED) is 0.925. The summed E-state index contributed by atoms with van der Waals surface area (Å²) in [5.41, 5.74) is 7.04. The van der Waals surface area contributed by atoms with Crippen molar-refractivity contribution in [1.29, 1.82) is 0 Å². The fraction of sp³-hybridized carbons (Fsp3) is 0.615. The fourth-order valence-electron chi connectivity index (χ4n) is 2.17. The van der Waals surface area contributed by atoms with Crippen molar-refractivity contribution in [1.82, 2.24) is 19.9 Å². The number of nitrogens with zero attached hydrogens (tertiary/aromatic N) is 4. The van der Waals surface area contributed by atoms with Crippen molar-refractivity contribution in [2.24, 2.45) is 12.8 Å². The molecule has 0 radical (unpaired) electrons. The van der Waals surface area contributed by atoms with Gasteiger partial charge < -0.3 is 10.3 Å². The van der Waals surface area contributed by atoms with Crippen molar-refractivity contribution in [3.05, 3.63) is 29.7 Å². The van der Waals surface area contributed by atoms with Gasteiger partial charge in [0.25, 0.3) is 0 Å². The smallest absolute Gasteiger partial charge is 0.248 e. The van der Waals surface area contributed by atoms with E-state index in [4.69, 9.17) is 10.3 Å². The van der Waals surface area contributed by atoms with Crippen LogP contribution in [-0.4, -0.2) is 36.2 Å². The molecule has 21 heavy (non-hydrogen) atoms. The normalized spacial score (nSPS) is 27.7. The van der Waals surface area contributed by atoms with Gasteiger partial charge in [-0.1, -0.05) is 19.0 Å². The Kier molecular flexibility index (Phi) is 4.28. The van der Waals surface area contributed by atoms with Crippen LogP contribution in [0.3, 0.4) is 0 Å². The van der Waals surface area contributed by atoms with Crippen LogP contribution in [0.25, 0.3) is 0 Å². The summed E-state index contributed by atoms with van der Waals surface area (Å²) in [5.74, 6) is 2.22. The van der Waals surface area contributed by atoms with Crippen LogP contribution in [0.4, 0.5) is 0 Å². The molecule has 4 unspecified atom stereocenters. The van der Waals surface area contributed by atoms with Crippen molar-refractivity contribution in [2.45, 2.75) is 35.6 Å². The van der Waals surface area contributed by atoms with Gasteiger partial charge in [0.2, 0.25) is 5.89 Å². The maximum absolute atomic E-state index is 6.16. The summed E-state index contributed by atoms with van der Waals surface area (Å²) >= 11 is 3.87. The van der Waals surface area contributed by atoms with Crippen LogP contribution in [-0.2, 0) is 7.05 Å². The van der Waals surface area contributed by atoms with Crippen molar-refractivity contribution in [2.75, 3.05) is 5.75 Å². The summed E-state index contributed by atoms with van der Waals surface area (Å²) in [4.78, 5) is 4.50. The van der Waals surface area contributed by atoms with E-state index in [-0.39, 0.29) is 5.25 Å². The zero-order valence-corrected chi connectivity index (χ0v) is 13.9. The first-order valence-corrected chi connectivity index (χ1v) is 8.88. The first kappa shape index (κ1) is 14.9. The minimum atomic E-state index is -0.419. The minimum Gasteiger partial charge on any atom is -0.337 e. The van der Waals surface area contributed by atoms with Crippen LogP contribution in [0.2, 0.25) is 0 Å². The second-order valence-corrected chi connectivity index (χ2v) is 8.28. The van der Waals surface area contributed by atoms with E-state index in [0.717, 1.165) is 17.1 Å². The van der Waals surface area contributed by atoms with Gasteiger partial charge in [-0.15, -0.1) is 11.8 Å². The molecule has 8 heteroatoms. The van der Waals surface area contributed by atoms with Crippen LogP contribution in [0.15, 0.2) is 16.9 Å². The molecule has 0 bridgehead atoms. The summed E-state index contributed by atoms with van der Waals surface area (Å²) in [7, 11) is 1.86. The molecule has 0 spiro atoms. The van der Waals surface area contributed by atoms with Crippen molar-refractivity contribution in [3.63, 3.8) is 0 Å². The first-order chi connectivity index (χ1) is 10.0. The number of aromatic nitrogens is 4. The molecule has 1 aliphatic heterocycles.